The lowest BCUT2D eigenvalue weighted by Gasteiger charge is -2.34. The first-order valence-corrected chi connectivity index (χ1v) is 4.61. The number of hydrogen-bond acceptors (Lipinski definition) is 2. The highest BCUT2D eigenvalue weighted by atomic mass is 16.4. The molecule has 0 aromatic rings. The molecule has 0 radical (unpaired) electrons. The summed E-state index contributed by atoms with van der Waals surface area (Å²) in [5, 5.41) is 12.1. The highest BCUT2D eigenvalue weighted by Gasteiger charge is 2.30. The van der Waals surface area contributed by atoms with Gasteiger partial charge in [0, 0.05) is 5.92 Å². The van der Waals surface area contributed by atoms with Gasteiger partial charge in [-0.1, -0.05) is 18.0 Å². The van der Waals surface area contributed by atoms with E-state index in [0.717, 1.165) is 18.1 Å². The maximum atomic E-state index is 8.69. The highest BCUT2D eigenvalue weighted by Crippen LogP contribution is 2.38. The summed E-state index contributed by atoms with van der Waals surface area (Å²) in [6.45, 7) is 0. The van der Waals surface area contributed by atoms with Crippen LogP contribution in [0, 0.1) is 11.8 Å². The molecule has 0 unspecified atom stereocenters. The molecule has 62 valence electrons. The second kappa shape index (κ2) is 2.84. The fraction of sp³-hybridized carbons (Fsp3) is 0.889. The van der Waals surface area contributed by atoms with E-state index in [1.54, 1.807) is 0 Å². The number of nitrogens with zero attached hydrogens (tertiary/aromatic N) is 1. The molecule has 2 heteroatoms. The maximum absolute atomic E-state index is 8.69. The van der Waals surface area contributed by atoms with Gasteiger partial charge >= 0.3 is 0 Å². The van der Waals surface area contributed by atoms with Crippen molar-refractivity contribution in [3.63, 3.8) is 0 Å². The minimum Gasteiger partial charge on any atom is -0.411 e. The number of fused-ring (bicyclic) bond motifs is 2. The van der Waals surface area contributed by atoms with Gasteiger partial charge in [-0.2, -0.15) is 0 Å². The van der Waals surface area contributed by atoms with Gasteiger partial charge in [0.2, 0.25) is 0 Å². The van der Waals surface area contributed by atoms with Gasteiger partial charge in [-0.15, -0.1) is 0 Å². The van der Waals surface area contributed by atoms with Crippen LogP contribution < -0.4 is 0 Å². The average Bonchev–Trinajstić information content (AvgIpc) is 2.06. The normalized spacial score (nSPS) is 40.9. The fourth-order valence-corrected chi connectivity index (χ4v) is 2.54. The van der Waals surface area contributed by atoms with Gasteiger partial charge in [0.15, 0.2) is 0 Å². The summed E-state index contributed by atoms with van der Waals surface area (Å²) in [7, 11) is 0. The van der Waals surface area contributed by atoms with Crippen LogP contribution in [0.3, 0.4) is 0 Å². The van der Waals surface area contributed by atoms with Gasteiger partial charge in [0.05, 0.1) is 5.71 Å². The largest absolute Gasteiger partial charge is 0.411 e. The predicted molar refractivity (Wildman–Crippen MR) is 43.9 cm³/mol. The van der Waals surface area contributed by atoms with Crippen LogP contribution in [0.5, 0.6) is 0 Å². The Morgan fingerprint density at radius 1 is 1.27 bits per heavy atom. The minimum atomic E-state index is 0.632. The van der Waals surface area contributed by atoms with Crippen molar-refractivity contribution < 1.29 is 5.21 Å². The highest BCUT2D eigenvalue weighted by molar-refractivity contribution is 5.87. The Morgan fingerprint density at radius 3 is 3.00 bits per heavy atom. The molecule has 2 rings (SSSR count). The molecule has 0 amide bonds. The molecule has 0 aromatic carbocycles. The van der Waals surface area contributed by atoms with E-state index < -0.39 is 0 Å². The van der Waals surface area contributed by atoms with E-state index in [1.165, 1.54) is 32.1 Å². The second-order valence-corrected chi connectivity index (χ2v) is 3.86. The third kappa shape index (κ3) is 1.26. The molecule has 1 N–H and O–H groups in total. The van der Waals surface area contributed by atoms with Gasteiger partial charge in [0.1, 0.15) is 0 Å². The molecule has 0 aliphatic heterocycles. The Morgan fingerprint density at radius 2 is 2.18 bits per heavy atom. The van der Waals surface area contributed by atoms with E-state index >= 15 is 0 Å². The first-order chi connectivity index (χ1) is 5.40. The zero-order valence-corrected chi connectivity index (χ0v) is 6.79. The van der Waals surface area contributed by atoms with Crippen LogP contribution in [0.4, 0.5) is 0 Å². The summed E-state index contributed by atoms with van der Waals surface area (Å²) in [5.74, 6) is 1.58. The summed E-state index contributed by atoms with van der Waals surface area (Å²) in [5.41, 5.74) is 1.07. The van der Waals surface area contributed by atoms with Crippen molar-refractivity contribution in [1.82, 2.24) is 0 Å². The molecule has 2 nitrogen and oxygen atoms in total. The van der Waals surface area contributed by atoms with E-state index in [4.69, 9.17) is 5.21 Å². The van der Waals surface area contributed by atoms with E-state index in [-0.39, 0.29) is 0 Å². The molecule has 0 heterocycles. The lowest BCUT2D eigenvalue weighted by Crippen LogP contribution is -2.28. The summed E-state index contributed by atoms with van der Waals surface area (Å²) in [6, 6.07) is 0. The Bertz CT molecular complexity index is 176. The second-order valence-electron chi connectivity index (χ2n) is 3.86. The van der Waals surface area contributed by atoms with Crippen LogP contribution in [0.2, 0.25) is 0 Å². The monoisotopic (exact) mass is 153 g/mol. The summed E-state index contributed by atoms with van der Waals surface area (Å²) >= 11 is 0. The van der Waals surface area contributed by atoms with Crippen molar-refractivity contribution in [3.05, 3.63) is 0 Å². The average molecular weight is 153 g/mol. The van der Waals surface area contributed by atoms with E-state index in [1.807, 2.05) is 0 Å². The summed E-state index contributed by atoms with van der Waals surface area (Å²) in [4.78, 5) is 0. The molecule has 2 aliphatic rings. The first kappa shape index (κ1) is 7.14. The number of hydrogen-bond donors (Lipinski definition) is 1. The number of oxime groups is 1. The third-order valence-corrected chi connectivity index (χ3v) is 3.19. The fourth-order valence-electron chi connectivity index (χ4n) is 2.54. The number of rotatable bonds is 0. The van der Waals surface area contributed by atoms with Gasteiger partial charge < -0.3 is 5.21 Å². The van der Waals surface area contributed by atoms with Gasteiger partial charge in [-0.25, -0.2) is 0 Å². The zero-order valence-electron chi connectivity index (χ0n) is 6.79. The molecular formula is C9H15NO. The van der Waals surface area contributed by atoms with Crippen molar-refractivity contribution in [2.75, 3.05) is 0 Å². The van der Waals surface area contributed by atoms with E-state index in [0.29, 0.717) is 5.92 Å². The molecular weight excluding hydrogens is 138 g/mol. The van der Waals surface area contributed by atoms with Crippen molar-refractivity contribution in [2.24, 2.45) is 17.0 Å². The van der Waals surface area contributed by atoms with Crippen molar-refractivity contribution in [2.45, 2.75) is 38.5 Å². The van der Waals surface area contributed by atoms with Gasteiger partial charge in [0.25, 0.3) is 0 Å². The van der Waals surface area contributed by atoms with Crippen LogP contribution in [0.1, 0.15) is 38.5 Å². The molecule has 2 bridgehead atoms. The summed E-state index contributed by atoms with van der Waals surface area (Å²) in [6.07, 6.45) is 7.61. The van der Waals surface area contributed by atoms with Gasteiger partial charge in [-0.3, -0.25) is 0 Å². The predicted octanol–water partition coefficient (Wildman–Crippen LogP) is 2.42. The lowest BCUT2D eigenvalue weighted by atomic mass is 9.71. The molecule has 11 heavy (non-hydrogen) atoms. The zero-order chi connectivity index (χ0) is 7.68. The van der Waals surface area contributed by atoms with Crippen LogP contribution in [0.15, 0.2) is 5.16 Å². The topological polar surface area (TPSA) is 32.6 Å². The molecule has 2 atom stereocenters. The van der Waals surface area contributed by atoms with Crippen molar-refractivity contribution in [1.29, 1.82) is 0 Å². The molecule has 2 fully saturated rings. The Kier molecular flexibility index (Phi) is 1.84. The molecule has 2 aliphatic carbocycles. The Hall–Kier alpha value is -0.530. The maximum Gasteiger partial charge on any atom is 0.0601 e. The van der Waals surface area contributed by atoms with Gasteiger partial charge in [-0.05, 0) is 31.6 Å². The lowest BCUT2D eigenvalue weighted by molar-refractivity contribution is 0.257. The molecule has 0 aromatic heterocycles. The van der Waals surface area contributed by atoms with Crippen LogP contribution in [-0.2, 0) is 0 Å². The van der Waals surface area contributed by atoms with E-state index in [2.05, 4.69) is 5.16 Å². The Labute approximate surface area is 67.3 Å². The van der Waals surface area contributed by atoms with E-state index in [9.17, 15) is 0 Å². The van der Waals surface area contributed by atoms with Crippen molar-refractivity contribution in [3.8, 4) is 0 Å². The smallest absolute Gasteiger partial charge is 0.0601 e. The molecule has 2 saturated carbocycles. The Balaban J connectivity index is 2.08. The van der Waals surface area contributed by atoms with Crippen molar-refractivity contribution >= 4 is 5.71 Å². The van der Waals surface area contributed by atoms with Crippen LogP contribution in [-0.4, -0.2) is 10.9 Å². The molecule has 0 saturated heterocycles. The standard InChI is InChI=1S/C9H15NO/c11-10-9-5-4-7-2-1-3-8(9)6-7/h7-8,11H,1-6H2/b10-9+/t7-,8+/m1/s1. The first-order valence-electron chi connectivity index (χ1n) is 4.61. The molecule has 0 spiro atoms. The quantitative estimate of drug-likeness (QED) is 0.420. The van der Waals surface area contributed by atoms with Crippen LogP contribution >= 0.6 is 0 Å². The SMILES string of the molecule is O/N=C1\CC[C@H]2CCC[C@H]1C2. The summed E-state index contributed by atoms with van der Waals surface area (Å²) < 4.78 is 0. The minimum absolute atomic E-state index is 0.632. The van der Waals surface area contributed by atoms with Crippen LogP contribution in [0.25, 0.3) is 0 Å². The third-order valence-electron chi connectivity index (χ3n) is 3.19.